The van der Waals surface area contributed by atoms with Gasteiger partial charge in [-0.25, -0.2) is 0 Å². The van der Waals surface area contributed by atoms with Crippen LogP contribution in [0.15, 0.2) is 54.6 Å². The number of ether oxygens (including phenoxy) is 1. The molecule has 122 valence electrons. The van der Waals surface area contributed by atoms with Crippen molar-refractivity contribution in [3.8, 4) is 11.5 Å². The first-order chi connectivity index (χ1) is 11.6. The molecule has 0 radical (unpaired) electrons. The van der Waals surface area contributed by atoms with Gasteiger partial charge in [0.2, 0.25) is 11.8 Å². The summed E-state index contributed by atoms with van der Waals surface area (Å²) in [7, 11) is 0. The Morgan fingerprint density at radius 1 is 1.04 bits per heavy atom. The summed E-state index contributed by atoms with van der Waals surface area (Å²) in [5.74, 6) is 0.693. The van der Waals surface area contributed by atoms with E-state index in [0.29, 0.717) is 11.4 Å². The first-order valence-corrected chi connectivity index (χ1v) is 8.20. The first kappa shape index (κ1) is 16.1. The molecule has 2 aromatic carbocycles. The van der Waals surface area contributed by atoms with Crippen LogP contribution in [-0.2, 0) is 9.59 Å². The van der Waals surface area contributed by atoms with Gasteiger partial charge in [0.05, 0.1) is 5.75 Å². The van der Waals surface area contributed by atoms with Crippen LogP contribution < -0.4 is 10.1 Å². The Hall–Kier alpha value is -2.80. The van der Waals surface area contributed by atoms with Crippen molar-refractivity contribution < 1.29 is 19.1 Å². The van der Waals surface area contributed by atoms with Gasteiger partial charge >= 0.3 is 0 Å². The molecule has 3 amide bonds. The number of carbonyl (C=O) groups excluding carboxylic acids is 3. The van der Waals surface area contributed by atoms with Crippen molar-refractivity contribution in [3.63, 3.8) is 0 Å². The third kappa shape index (κ3) is 3.94. The van der Waals surface area contributed by atoms with Crippen molar-refractivity contribution in [2.75, 3.05) is 17.6 Å². The smallest absolute Gasteiger partial charge is 0.289 e. The molecule has 1 fully saturated rings. The summed E-state index contributed by atoms with van der Waals surface area (Å²) < 4.78 is 5.66. The molecule has 2 aromatic rings. The molecule has 0 unspecified atom stereocenters. The summed E-state index contributed by atoms with van der Waals surface area (Å²) in [6, 6.07) is 16.2. The maximum atomic E-state index is 11.9. The van der Waals surface area contributed by atoms with Crippen molar-refractivity contribution in [2.24, 2.45) is 0 Å². The number of anilines is 1. The lowest BCUT2D eigenvalue weighted by atomic mass is 10.3. The predicted molar refractivity (Wildman–Crippen MR) is 91.2 cm³/mol. The van der Waals surface area contributed by atoms with E-state index in [9.17, 15) is 14.4 Å². The van der Waals surface area contributed by atoms with E-state index >= 15 is 0 Å². The molecular weight excluding hydrogens is 328 g/mol. The molecule has 24 heavy (non-hydrogen) atoms. The van der Waals surface area contributed by atoms with E-state index in [1.54, 1.807) is 24.3 Å². The molecule has 1 heterocycles. The highest BCUT2D eigenvalue weighted by molar-refractivity contribution is 8.14. The number of nitrogens with one attached hydrogen (secondary N) is 1. The van der Waals surface area contributed by atoms with Crippen LogP contribution in [0.1, 0.15) is 0 Å². The number of hydrogen-bond donors (Lipinski definition) is 1. The third-order valence-electron chi connectivity index (χ3n) is 3.26. The van der Waals surface area contributed by atoms with Crippen molar-refractivity contribution in [1.82, 2.24) is 4.90 Å². The Labute approximate surface area is 142 Å². The van der Waals surface area contributed by atoms with Crippen LogP contribution in [0.25, 0.3) is 0 Å². The van der Waals surface area contributed by atoms with Gasteiger partial charge in [-0.1, -0.05) is 30.0 Å². The SMILES string of the molecule is O=C(CN1C(=O)CSC1=O)Nc1ccc(Oc2ccccc2)cc1. The molecule has 1 aliphatic rings. The van der Waals surface area contributed by atoms with Crippen molar-refractivity contribution >= 4 is 34.5 Å². The van der Waals surface area contributed by atoms with Crippen molar-refractivity contribution in [3.05, 3.63) is 54.6 Å². The average molecular weight is 342 g/mol. The quantitative estimate of drug-likeness (QED) is 0.903. The Bertz CT molecular complexity index is 746. The highest BCUT2D eigenvalue weighted by atomic mass is 32.2. The molecule has 0 aromatic heterocycles. The zero-order chi connectivity index (χ0) is 16.9. The molecule has 1 saturated heterocycles. The normalized spacial score (nSPS) is 13.9. The average Bonchev–Trinajstić information content (AvgIpc) is 2.89. The van der Waals surface area contributed by atoms with Crippen LogP contribution in [0.5, 0.6) is 11.5 Å². The van der Waals surface area contributed by atoms with Gasteiger partial charge in [-0.05, 0) is 36.4 Å². The molecule has 0 bridgehead atoms. The Morgan fingerprint density at radius 2 is 1.71 bits per heavy atom. The summed E-state index contributed by atoms with van der Waals surface area (Å²) in [4.78, 5) is 35.8. The number of imide groups is 1. The fraction of sp³-hybridized carbons (Fsp3) is 0.118. The molecule has 6 nitrogen and oxygen atoms in total. The molecule has 1 aliphatic heterocycles. The van der Waals surface area contributed by atoms with Gasteiger partial charge in [0.15, 0.2) is 0 Å². The standard InChI is InChI=1S/C17H14N2O4S/c20-15(10-19-16(21)11-24-17(19)22)18-12-6-8-14(9-7-12)23-13-4-2-1-3-5-13/h1-9H,10-11H2,(H,18,20). The highest BCUT2D eigenvalue weighted by Crippen LogP contribution is 2.23. The summed E-state index contributed by atoms with van der Waals surface area (Å²) in [6.45, 7) is -0.271. The molecule has 7 heteroatoms. The first-order valence-electron chi connectivity index (χ1n) is 7.22. The van der Waals surface area contributed by atoms with Gasteiger partial charge in [0.25, 0.3) is 5.24 Å². The van der Waals surface area contributed by atoms with Gasteiger partial charge in [-0.15, -0.1) is 0 Å². The maximum Gasteiger partial charge on any atom is 0.289 e. The molecule has 0 atom stereocenters. The molecule has 3 rings (SSSR count). The molecule has 0 saturated carbocycles. The number of benzene rings is 2. The second-order valence-electron chi connectivity index (χ2n) is 5.02. The molecule has 0 aliphatic carbocycles. The Morgan fingerprint density at radius 3 is 2.33 bits per heavy atom. The molecule has 1 N–H and O–H groups in total. The third-order valence-corrected chi connectivity index (χ3v) is 4.12. The fourth-order valence-corrected chi connectivity index (χ4v) is 2.83. The molecule has 0 spiro atoms. The number of carbonyl (C=O) groups is 3. The van der Waals surface area contributed by atoms with Crippen LogP contribution in [0.4, 0.5) is 10.5 Å². The topological polar surface area (TPSA) is 75.7 Å². The highest BCUT2D eigenvalue weighted by Gasteiger charge is 2.31. The zero-order valence-corrected chi connectivity index (χ0v) is 13.4. The summed E-state index contributed by atoms with van der Waals surface area (Å²) >= 11 is 0.906. The van der Waals surface area contributed by atoms with E-state index in [1.807, 2.05) is 30.3 Å². The van der Waals surface area contributed by atoms with Crippen LogP contribution in [0.3, 0.4) is 0 Å². The van der Waals surface area contributed by atoms with Crippen molar-refractivity contribution in [2.45, 2.75) is 0 Å². The van der Waals surface area contributed by atoms with E-state index < -0.39 is 5.91 Å². The van der Waals surface area contributed by atoms with Gasteiger partial charge in [0.1, 0.15) is 18.0 Å². The Balaban J connectivity index is 1.57. The number of rotatable bonds is 5. The van der Waals surface area contributed by atoms with E-state index in [-0.39, 0.29) is 23.4 Å². The lowest BCUT2D eigenvalue weighted by molar-refractivity contribution is -0.128. The van der Waals surface area contributed by atoms with Gasteiger partial charge in [0, 0.05) is 5.69 Å². The second-order valence-corrected chi connectivity index (χ2v) is 5.95. The zero-order valence-electron chi connectivity index (χ0n) is 12.6. The maximum absolute atomic E-state index is 11.9. The van der Waals surface area contributed by atoms with E-state index in [0.717, 1.165) is 22.4 Å². The minimum atomic E-state index is -0.420. The van der Waals surface area contributed by atoms with Gasteiger partial charge in [-0.2, -0.15) is 0 Å². The van der Waals surface area contributed by atoms with Crippen LogP contribution in [0, 0.1) is 0 Å². The van der Waals surface area contributed by atoms with E-state index in [1.165, 1.54) is 0 Å². The minimum Gasteiger partial charge on any atom is -0.457 e. The van der Waals surface area contributed by atoms with Gasteiger partial charge < -0.3 is 10.1 Å². The monoisotopic (exact) mass is 342 g/mol. The van der Waals surface area contributed by atoms with Crippen LogP contribution in [-0.4, -0.2) is 34.3 Å². The van der Waals surface area contributed by atoms with E-state index in [2.05, 4.69) is 5.32 Å². The Kier molecular flexibility index (Phi) is 4.81. The fourth-order valence-electron chi connectivity index (χ4n) is 2.11. The predicted octanol–water partition coefficient (Wildman–Crippen LogP) is 3.11. The number of amides is 3. The van der Waals surface area contributed by atoms with Gasteiger partial charge in [-0.3, -0.25) is 19.3 Å². The summed E-state index contributed by atoms with van der Waals surface area (Å²) in [6.07, 6.45) is 0. The lowest BCUT2D eigenvalue weighted by Gasteiger charge is -2.13. The minimum absolute atomic E-state index is 0.0949. The van der Waals surface area contributed by atoms with E-state index in [4.69, 9.17) is 4.74 Å². The number of nitrogens with zero attached hydrogens (tertiary/aromatic N) is 1. The number of para-hydroxylation sites is 1. The summed E-state index contributed by atoms with van der Waals surface area (Å²) in [5, 5.41) is 2.26. The largest absolute Gasteiger partial charge is 0.457 e. The van der Waals surface area contributed by atoms with Crippen LogP contribution in [0.2, 0.25) is 0 Å². The lowest BCUT2D eigenvalue weighted by Crippen LogP contribution is -2.36. The summed E-state index contributed by atoms with van der Waals surface area (Å²) in [5.41, 5.74) is 0.562. The number of thioether (sulfide) groups is 1. The second kappa shape index (κ2) is 7.18. The van der Waals surface area contributed by atoms with Crippen LogP contribution >= 0.6 is 11.8 Å². The number of hydrogen-bond acceptors (Lipinski definition) is 5. The van der Waals surface area contributed by atoms with Crippen molar-refractivity contribution in [1.29, 1.82) is 0 Å². The molecular formula is C17H14N2O4S.